The molecule has 5 nitrogen and oxygen atoms in total. The van der Waals surface area contributed by atoms with Crippen LogP contribution >= 0.6 is 0 Å². The third-order valence-corrected chi connectivity index (χ3v) is 3.57. The van der Waals surface area contributed by atoms with Crippen molar-refractivity contribution in [2.45, 2.75) is 13.8 Å². The zero-order valence-corrected chi connectivity index (χ0v) is 13.8. The number of nitrogens with two attached hydrogens (primary N) is 1. The van der Waals surface area contributed by atoms with Crippen molar-refractivity contribution < 1.29 is 9.53 Å². The van der Waals surface area contributed by atoms with E-state index in [1.807, 2.05) is 19.9 Å². The SMILES string of the molecule is COCCNC(=O)c1ccc(Nc2cc(C)ccc2C)c(N)c1. The van der Waals surface area contributed by atoms with Gasteiger partial charge in [-0.05, 0) is 49.2 Å². The number of hydrogen-bond donors (Lipinski definition) is 3. The largest absolute Gasteiger partial charge is 0.397 e. The van der Waals surface area contributed by atoms with Gasteiger partial charge in [-0.15, -0.1) is 0 Å². The van der Waals surface area contributed by atoms with E-state index in [9.17, 15) is 4.79 Å². The molecule has 23 heavy (non-hydrogen) atoms. The number of ether oxygens (including phenoxy) is 1. The molecule has 2 aromatic carbocycles. The molecule has 0 heterocycles. The summed E-state index contributed by atoms with van der Waals surface area (Å²) in [5.74, 6) is -0.160. The number of rotatable bonds is 6. The lowest BCUT2D eigenvalue weighted by Crippen LogP contribution is -2.27. The number of nitrogen functional groups attached to an aromatic ring is 1. The number of carbonyl (C=O) groups excluding carboxylic acids is 1. The number of hydrogen-bond acceptors (Lipinski definition) is 4. The van der Waals surface area contributed by atoms with E-state index >= 15 is 0 Å². The topological polar surface area (TPSA) is 76.4 Å². The van der Waals surface area contributed by atoms with Crippen LogP contribution in [0.2, 0.25) is 0 Å². The van der Waals surface area contributed by atoms with Crippen LogP contribution in [0.1, 0.15) is 21.5 Å². The lowest BCUT2D eigenvalue weighted by atomic mass is 10.1. The van der Waals surface area contributed by atoms with E-state index in [-0.39, 0.29) is 5.91 Å². The molecule has 0 saturated heterocycles. The minimum absolute atomic E-state index is 0.160. The highest BCUT2D eigenvalue weighted by atomic mass is 16.5. The lowest BCUT2D eigenvalue weighted by molar-refractivity contribution is 0.0937. The number of aryl methyl sites for hydroxylation is 2. The Balaban J connectivity index is 2.13. The molecule has 4 N–H and O–H groups in total. The van der Waals surface area contributed by atoms with E-state index in [2.05, 4.69) is 28.8 Å². The van der Waals surface area contributed by atoms with Crippen LogP contribution in [0, 0.1) is 13.8 Å². The Bertz CT molecular complexity index is 699. The molecule has 1 amide bonds. The Hall–Kier alpha value is -2.53. The molecule has 2 rings (SSSR count). The van der Waals surface area contributed by atoms with Crippen LogP contribution in [-0.2, 0) is 4.74 Å². The van der Waals surface area contributed by atoms with E-state index in [1.165, 1.54) is 5.56 Å². The molecule has 0 saturated carbocycles. The van der Waals surface area contributed by atoms with Gasteiger partial charge in [-0.25, -0.2) is 0 Å². The summed E-state index contributed by atoms with van der Waals surface area (Å²) in [7, 11) is 1.60. The van der Waals surface area contributed by atoms with E-state index in [0.717, 1.165) is 16.9 Å². The second-order valence-electron chi connectivity index (χ2n) is 5.49. The van der Waals surface area contributed by atoms with Crippen LogP contribution in [0.4, 0.5) is 17.1 Å². The highest BCUT2D eigenvalue weighted by molar-refractivity contribution is 5.96. The van der Waals surface area contributed by atoms with Gasteiger partial charge in [-0.2, -0.15) is 0 Å². The van der Waals surface area contributed by atoms with Crippen LogP contribution in [0.25, 0.3) is 0 Å². The second kappa shape index (κ2) is 7.65. The molecular weight excluding hydrogens is 290 g/mol. The average molecular weight is 313 g/mol. The molecule has 0 spiro atoms. The molecule has 0 bridgehead atoms. The first-order valence-corrected chi connectivity index (χ1v) is 7.52. The van der Waals surface area contributed by atoms with Crippen molar-refractivity contribution in [2.24, 2.45) is 0 Å². The summed E-state index contributed by atoms with van der Waals surface area (Å²) < 4.78 is 4.91. The van der Waals surface area contributed by atoms with E-state index in [0.29, 0.717) is 24.4 Å². The van der Waals surface area contributed by atoms with Crippen molar-refractivity contribution >= 4 is 23.0 Å². The summed E-state index contributed by atoms with van der Waals surface area (Å²) in [6.07, 6.45) is 0. The normalized spacial score (nSPS) is 10.4. The second-order valence-corrected chi connectivity index (χ2v) is 5.49. The molecule has 2 aromatic rings. The first-order chi connectivity index (χ1) is 11.0. The molecule has 0 aliphatic carbocycles. The highest BCUT2D eigenvalue weighted by Crippen LogP contribution is 2.26. The van der Waals surface area contributed by atoms with Crippen molar-refractivity contribution in [1.82, 2.24) is 5.32 Å². The maximum atomic E-state index is 12.0. The minimum Gasteiger partial charge on any atom is -0.397 e. The van der Waals surface area contributed by atoms with Crippen molar-refractivity contribution in [1.29, 1.82) is 0 Å². The molecule has 5 heteroatoms. The van der Waals surface area contributed by atoms with Gasteiger partial charge in [0.15, 0.2) is 0 Å². The third kappa shape index (κ3) is 4.47. The van der Waals surface area contributed by atoms with Crippen LogP contribution in [-0.4, -0.2) is 26.2 Å². The Labute approximate surface area is 136 Å². The number of amides is 1. The monoisotopic (exact) mass is 313 g/mol. The van der Waals surface area contributed by atoms with Gasteiger partial charge in [0.1, 0.15) is 0 Å². The molecule has 0 radical (unpaired) electrons. The number of anilines is 3. The predicted octanol–water partition coefficient (Wildman–Crippen LogP) is 3.01. The van der Waals surface area contributed by atoms with Gasteiger partial charge in [-0.1, -0.05) is 12.1 Å². The van der Waals surface area contributed by atoms with Gasteiger partial charge in [0.25, 0.3) is 5.91 Å². The van der Waals surface area contributed by atoms with Gasteiger partial charge in [-0.3, -0.25) is 4.79 Å². The Morgan fingerprint density at radius 1 is 1.13 bits per heavy atom. The van der Waals surface area contributed by atoms with E-state index in [1.54, 1.807) is 19.2 Å². The standard InChI is InChI=1S/C18H23N3O2/c1-12-4-5-13(2)17(10-12)21-16-7-6-14(11-15(16)19)18(22)20-8-9-23-3/h4-7,10-11,21H,8-9,19H2,1-3H3,(H,20,22). The summed E-state index contributed by atoms with van der Waals surface area (Å²) in [5, 5.41) is 6.10. The molecule has 0 unspecified atom stereocenters. The van der Waals surface area contributed by atoms with Crippen LogP contribution in [0.15, 0.2) is 36.4 Å². The van der Waals surface area contributed by atoms with Crippen molar-refractivity contribution in [3.63, 3.8) is 0 Å². The van der Waals surface area contributed by atoms with E-state index in [4.69, 9.17) is 10.5 Å². The summed E-state index contributed by atoms with van der Waals surface area (Å²) in [6.45, 7) is 5.03. The summed E-state index contributed by atoms with van der Waals surface area (Å²) in [5.41, 5.74) is 11.2. The zero-order valence-electron chi connectivity index (χ0n) is 13.8. The Morgan fingerprint density at radius 2 is 1.91 bits per heavy atom. The van der Waals surface area contributed by atoms with Crippen molar-refractivity contribution in [3.8, 4) is 0 Å². The van der Waals surface area contributed by atoms with Gasteiger partial charge in [0.2, 0.25) is 0 Å². The summed E-state index contributed by atoms with van der Waals surface area (Å²) >= 11 is 0. The molecular formula is C18H23N3O2. The van der Waals surface area contributed by atoms with Crippen LogP contribution in [0.3, 0.4) is 0 Å². The van der Waals surface area contributed by atoms with Gasteiger partial charge < -0.3 is 21.1 Å². The van der Waals surface area contributed by atoms with Gasteiger partial charge in [0.05, 0.1) is 18.0 Å². The van der Waals surface area contributed by atoms with Crippen molar-refractivity contribution in [3.05, 3.63) is 53.1 Å². The maximum absolute atomic E-state index is 12.0. The first kappa shape index (κ1) is 16.8. The summed E-state index contributed by atoms with van der Waals surface area (Å²) in [4.78, 5) is 12.0. The quantitative estimate of drug-likeness (QED) is 0.566. The van der Waals surface area contributed by atoms with Gasteiger partial charge in [0, 0.05) is 24.9 Å². The maximum Gasteiger partial charge on any atom is 0.251 e. The molecule has 0 aliphatic heterocycles. The van der Waals surface area contributed by atoms with Crippen LogP contribution < -0.4 is 16.4 Å². The number of nitrogens with one attached hydrogen (secondary N) is 2. The fourth-order valence-electron chi connectivity index (χ4n) is 2.20. The smallest absolute Gasteiger partial charge is 0.251 e. The zero-order chi connectivity index (χ0) is 16.8. The first-order valence-electron chi connectivity index (χ1n) is 7.52. The van der Waals surface area contributed by atoms with Crippen molar-refractivity contribution in [2.75, 3.05) is 31.3 Å². The molecule has 0 aromatic heterocycles. The lowest BCUT2D eigenvalue weighted by Gasteiger charge is -2.13. The van der Waals surface area contributed by atoms with E-state index < -0.39 is 0 Å². The van der Waals surface area contributed by atoms with Crippen LogP contribution in [0.5, 0.6) is 0 Å². The highest BCUT2D eigenvalue weighted by Gasteiger charge is 2.09. The fraction of sp³-hybridized carbons (Fsp3) is 0.278. The number of carbonyl (C=O) groups is 1. The minimum atomic E-state index is -0.160. The Kier molecular flexibility index (Phi) is 5.60. The third-order valence-electron chi connectivity index (χ3n) is 3.57. The molecule has 0 fully saturated rings. The average Bonchev–Trinajstić information content (AvgIpc) is 2.53. The molecule has 0 aliphatic rings. The number of methoxy groups -OCH3 is 1. The number of benzene rings is 2. The molecule has 122 valence electrons. The summed E-state index contributed by atoms with van der Waals surface area (Å²) in [6, 6.07) is 11.5. The predicted molar refractivity (Wildman–Crippen MR) is 94.3 cm³/mol. The molecule has 0 atom stereocenters. The fourth-order valence-corrected chi connectivity index (χ4v) is 2.20. The Morgan fingerprint density at radius 3 is 2.61 bits per heavy atom. The van der Waals surface area contributed by atoms with Gasteiger partial charge >= 0.3 is 0 Å².